The van der Waals surface area contributed by atoms with Crippen molar-refractivity contribution in [3.05, 3.63) is 16.6 Å². The van der Waals surface area contributed by atoms with E-state index in [2.05, 4.69) is 33.2 Å². The van der Waals surface area contributed by atoms with E-state index in [1.807, 2.05) is 5.51 Å². The number of thiazole rings is 1. The molecule has 0 bridgehead atoms. The lowest BCUT2D eigenvalue weighted by Gasteiger charge is -2.09. The van der Waals surface area contributed by atoms with Gasteiger partial charge in [-0.25, -0.2) is 4.98 Å². The molecular formula is C9H12BrNS. The second-order valence-electron chi connectivity index (χ2n) is 3.76. The summed E-state index contributed by atoms with van der Waals surface area (Å²) < 4.78 is 0. The molecule has 1 fully saturated rings. The highest BCUT2D eigenvalue weighted by molar-refractivity contribution is 9.09. The summed E-state index contributed by atoms with van der Waals surface area (Å²) in [6.07, 6.45) is 2.51. The molecule has 1 aliphatic rings. The van der Waals surface area contributed by atoms with Gasteiger partial charge < -0.3 is 0 Å². The van der Waals surface area contributed by atoms with Crippen LogP contribution in [-0.2, 0) is 6.42 Å². The van der Waals surface area contributed by atoms with Gasteiger partial charge in [-0.3, -0.25) is 0 Å². The van der Waals surface area contributed by atoms with Gasteiger partial charge >= 0.3 is 0 Å². The molecule has 0 radical (unpaired) electrons. The third-order valence-electron chi connectivity index (χ3n) is 2.88. The molecular weight excluding hydrogens is 234 g/mol. The number of alkyl halides is 1. The molecule has 0 aliphatic heterocycles. The molecule has 0 spiro atoms. The maximum atomic E-state index is 4.32. The van der Waals surface area contributed by atoms with E-state index in [0.717, 1.165) is 17.7 Å². The van der Waals surface area contributed by atoms with Crippen molar-refractivity contribution in [2.75, 3.05) is 5.33 Å². The first kappa shape index (κ1) is 8.70. The van der Waals surface area contributed by atoms with E-state index < -0.39 is 0 Å². The molecule has 1 saturated carbocycles. The van der Waals surface area contributed by atoms with Gasteiger partial charge in [-0.05, 0) is 24.2 Å². The number of nitrogens with zero attached hydrogens (tertiary/aromatic N) is 1. The van der Waals surface area contributed by atoms with Gasteiger partial charge in [-0.1, -0.05) is 22.9 Å². The van der Waals surface area contributed by atoms with E-state index in [0.29, 0.717) is 5.41 Å². The van der Waals surface area contributed by atoms with E-state index in [1.54, 1.807) is 11.3 Å². The molecule has 2 unspecified atom stereocenters. The van der Waals surface area contributed by atoms with Crippen LogP contribution in [0.15, 0.2) is 10.9 Å². The molecule has 2 rings (SSSR count). The Labute approximate surface area is 85.3 Å². The van der Waals surface area contributed by atoms with Gasteiger partial charge in [0, 0.05) is 10.7 Å². The van der Waals surface area contributed by atoms with Crippen molar-refractivity contribution in [1.29, 1.82) is 0 Å². The fourth-order valence-electron chi connectivity index (χ4n) is 1.72. The molecule has 1 aromatic heterocycles. The van der Waals surface area contributed by atoms with E-state index in [-0.39, 0.29) is 0 Å². The van der Waals surface area contributed by atoms with Crippen LogP contribution in [0.4, 0.5) is 0 Å². The van der Waals surface area contributed by atoms with Gasteiger partial charge in [0.15, 0.2) is 0 Å². The third-order valence-corrected chi connectivity index (χ3v) is 4.63. The van der Waals surface area contributed by atoms with Crippen LogP contribution in [0.5, 0.6) is 0 Å². The van der Waals surface area contributed by atoms with Gasteiger partial charge in [0.25, 0.3) is 0 Å². The molecule has 0 saturated heterocycles. The van der Waals surface area contributed by atoms with Crippen LogP contribution in [0, 0.1) is 11.3 Å². The molecule has 0 N–H and O–H groups in total. The summed E-state index contributed by atoms with van der Waals surface area (Å²) in [7, 11) is 0. The monoisotopic (exact) mass is 245 g/mol. The van der Waals surface area contributed by atoms with Crippen LogP contribution in [0.25, 0.3) is 0 Å². The zero-order chi connectivity index (χ0) is 8.60. The van der Waals surface area contributed by atoms with Gasteiger partial charge in [-0.15, -0.1) is 11.3 Å². The van der Waals surface area contributed by atoms with E-state index in [1.165, 1.54) is 12.1 Å². The Hall–Kier alpha value is 0.110. The van der Waals surface area contributed by atoms with Gasteiger partial charge in [0.05, 0.1) is 11.2 Å². The van der Waals surface area contributed by atoms with Gasteiger partial charge in [0.1, 0.15) is 0 Å². The van der Waals surface area contributed by atoms with E-state index in [4.69, 9.17) is 0 Å². The summed E-state index contributed by atoms with van der Waals surface area (Å²) >= 11 is 5.29. The number of aromatic nitrogens is 1. The Kier molecular flexibility index (Phi) is 2.25. The van der Waals surface area contributed by atoms with Crippen molar-refractivity contribution in [3.63, 3.8) is 0 Å². The van der Waals surface area contributed by atoms with Crippen LogP contribution in [-0.4, -0.2) is 10.3 Å². The molecule has 1 nitrogen and oxygen atoms in total. The third kappa shape index (κ3) is 1.44. The Balaban J connectivity index is 2.04. The van der Waals surface area contributed by atoms with Crippen molar-refractivity contribution in [2.24, 2.45) is 11.3 Å². The zero-order valence-corrected chi connectivity index (χ0v) is 9.49. The molecule has 0 amide bonds. The molecule has 1 aliphatic carbocycles. The van der Waals surface area contributed by atoms with Crippen molar-refractivity contribution in [3.8, 4) is 0 Å². The molecule has 12 heavy (non-hydrogen) atoms. The Bertz CT molecular complexity index is 256. The summed E-state index contributed by atoms with van der Waals surface area (Å²) in [6, 6.07) is 0. The van der Waals surface area contributed by atoms with Crippen molar-refractivity contribution >= 4 is 27.3 Å². The molecule has 2 atom stereocenters. The SMILES string of the molecule is CC1CC1(CBr)Cc1cscn1. The Morgan fingerprint density at radius 2 is 2.58 bits per heavy atom. The highest BCUT2D eigenvalue weighted by Crippen LogP contribution is 2.55. The van der Waals surface area contributed by atoms with Crippen LogP contribution < -0.4 is 0 Å². The molecule has 1 aromatic rings. The highest BCUT2D eigenvalue weighted by Gasteiger charge is 2.49. The fourth-order valence-corrected chi connectivity index (χ4v) is 3.25. The van der Waals surface area contributed by atoms with Gasteiger partial charge in [0.2, 0.25) is 0 Å². The minimum atomic E-state index is 0.536. The Morgan fingerprint density at radius 3 is 3.00 bits per heavy atom. The van der Waals surface area contributed by atoms with Crippen molar-refractivity contribution in [1.82, 2.24) is 4.98 Å². The largest absolute Gasteiger partial charge is 0.250 e. The highest BCUT2D eigenvalue weighted by atomic mass is 79.9. The fraction of sp³-hybridized carbons (Fsp3) is 0.667. The summed E-state index contributed by atoms with van der Waals surface area (Å²) in [5, 5.41) is 3.29. The predicted octanol–water partition coefficient (Wildman–Crippen LogP) is 3.11. The average Bonchev–Trinajstić information content (AvgIpc) is 2.51. The summed E-state index contributed by atoms with van der Waals surface area (Å²) in [5.41, 5.74) is 3.72. The van der Waals surface area contributed by atoms with Crippen molar-refractivity contribution < 1.29 is 0 Å². The normalized spacial score (nSPS) is 33.7. The summed E-state index contributed by atoms with van der Waals surface area (Å²) in [6.45, 7) is 2.33. The smallest absolute Gasteiger partial charge is 0.0794 e. The first-order valence-electron chi connectivity index (χ1n) is 4.20. The molecule has 1 heterocycles. The first-order valence-corrected chi connectivity index (χ1v) is 6.26. The number of hydrogen-bond acceptors (Lipinski definition) is 2. The van der Waals surface area contributed by atoms with E-state index >= 15 is 0 Å². The lowest BCUT2D eigenvalue weighted by atomic mass is 10.0. The quantitative estimate of drug-likeness (QED) is 0.747. The second-order valence-corrected chi connectivity index (χ2v) is 5.04. The van der Waals surface area contributed by atoms with Crippen molar-refractivity contribution in [2.45, 2.75) is 19.8 Å². The zero-order valence-electron chi connectivity index (χ0n) is 7.09. The molecule has 0 aromatic carbocycles. The average molecular weight is 246 g/mol. The minimum absolute atomic E-state index is 0.536. The van der Waals surface area contributed by atoms with Crippen LogP contribution >= 0.6 is 27.3 Å². The van der Waals surface area contributed by atoms with Crippen LogP contribution in [0.1, 0.15) is 19.0 Å². The number of rotatable bonds is 3. The Morgan fingerprint density at radius 1 is 1.83 bits per heavy atom. The maximum absolute atomic E-state index is 4.32. The maximum Gasteiger partial charge on any atom is 0.0794 e. The molecule has 3 heteroatoms. The number of hydrogen-bond donors (Lipinski definition) is 0. The van der Waals surface area contributed by atoms with Gasteiger partial charge in [-0.2, -0.15) is 0 Å². The lowest BCUT2D eigenvalue weighted by molar-refractivity contribution is 0.526. The van der Waals surface area contributed by atoms with Crippen LogP contribution in [0.2, 0.25) is 0 Å². The molecule has 66 valence electrons. The standard InChI is InChI=1S/C9H12BrNS/c1-7-2-9(7,5-10)3-8-4-12-6-11-8/h4,6-7H,2-3,5H2,1H3. The minimum Gasteiger partial charge on any atom is -0.250 e. The summed E-state index contributed by atoms with van der Waals surface area (Å²) in [5.74, 6) is 0.874. The van der Waals surface area contributed by atoms with Crippen LogP contribution in [0.3, 0.4) is 0 Å². The number of halogens is 1. The van der Waals surface area contributed by atoms with E-state index in [9.17, 15) is 0 Å². The topological polar surface area (TPSA) is 12.9 Å². The predicted molar refractivity (Wildman–Crippen MR) is 55.8 cm³/mol. The lowest BCUT2D eigenvalue weighted by Crippen LogP contribution is -2.09. The summed E-state index contributed by atoms with van der Waals surface area (Å²) in [4.78, 5) is 4.32. The second kappa shape index (κ2) is 3.11. The first-order chi connectivity index (χ1) is 5.77.